The highest BCUT2D eigenvalue weighted by molar-refractivity contribution is 5.93. The minimum absolute atomic E-state index is 0.217. The fourth-order valence-corrected chi connectivity index (χ4v) is 3.42. The molecule has 1 unspecified atom stereocenters. The van der Waals surface area contributed by atoms with Crippen molar-refractivity contribution in [1.29, 1.82) is 0 Å². The Kier molecular flexibility index (Phi) is 8.62. The average Bonchev–Trinajstić information content (AvgIpc) is 2.71. The molecule has 0 aliphatic carbocycles. The van der Waals surface area contributed by atoms with Gasteiger partial charge in [-0.15, -0.1) is 0 Å². The van der Waals surface area contributed by atoms with E-state index >= 15 is 0 Å². The van der Waals surface area contributed by atoms with Crippen LogP contribution in [-0.4, -0.2) is 63.5 Å². The Morgan fingerprint density at radius 2 is 1.97 bits per heavy atom. The lowest BCUT2D eigenvalue weighted by Crippen LogP contribution is -2.43. The van der Waals surface area contributed by atoms with Gasteiger partial charge in [-0.3, -0.25) is 4.99 Å². The van der Waals surface area contributed by atoms with Crippen LogP contribution in [0.2, 0.25) is 0 Å². The molecule has 1 heterocycles. The van der Waals surface area contributed by atoms with Gasteiger partial charge < -0.3 is 29.7 Å². The Morgan fingerprint density at radius 3 is 2.60 bits per heavy atom. The van der Waals surface area contributed by atoms with Crippen LogP contribution in [0.3, 0.4) is 0 Å². The van der Waals surface area contributed by atoms with Gasteiger partial charge in [-0.1, -0.05) is 0 Å². The van der Waals surface area contributed by atoms with E-state index in [4.69, 9.17) is 14.2 Å². The Balaban J connectivity index is 1.82. The van der Waals surface area contributed by atoms with Gasteiger partial charge in [0.25, 0.3) is 0 Å². The molecule has 1 fully saturated rings. The standard InChI is InChI=1S/C22H36N4O4/c1-22(2,3)30-21(27)26-13-7-8-16(15-26)11-12-24-20(23-4)25-17-9-10-18(28-5)19(14-17)29-6/h9-10,14,16H,7-8,11-13,15H2,1-6H3,(H2,23,24,25). The smallest absolute Gasteiger partial charge is 0.410 e. The second kappa shape index (κ2) is 10.9. The van der Waals surface area contributed by atoms with Gasteiger partial charge in [0.15, 0.2) is 17.5 Å². The fourth-order valence-electron chi connectivity index (χ4n) is 3.42. The minimum atomic E-state index is -0.464. The van der Waals surface area contributed by atoms with Crippen LogP contribution in [0.15, 0.2) is 23.2 Å². The molecule has 168 valence electrons. The molecule has 0 saturated carbocycles. The number of nitrogens with one attached hydrogen (secondary N) is 2. The van der Waals surface area contributed by atoms with Crippen molar-refractivity contribution in [3.63, 3.8) is 0 Å². The zero-order valence-corrected chi connectivity index (χ0v) is 19.1. The van der Waals surface area contributed by atoms with Gasteiger partial charge in [0, 0.05) is 38.4 Å². The quantitative estimate of drug-likeness (QED) is 0.539. The number of amides is 1. The molecular weight excluding hydrogens is 384 g/mol. The maximum absolute atomic E-state index is 12.3. The van der Waals surface area contributed by atoms with E-state index in [1.54, 1.807) is 21.3 Å². The number of methoxy groups -OCH3 is 2. The summed E-state index contributed by atoms with van der Waals surface area (Å²) in [5.41, 5.74) is 0.392. The molecule has 1 atom stereocenters. The number of anilines is 1. The zero-order chi connectivity index (χ0) is 22.1. The van der Waals surface area contributed by atoms with E-state index in [9.17, 15) is 4.79 Å². The highest BCUT2D eigenvalue weighted by Crippen LogP contribution is 2.29. The number of likely N-dealkylation sites (tertiary alicyclic amines) is 1. The van der Waals surface area contributed by atoms with Crippen molar-refractivity contribution < 1.29 is 19.0 Å². The molecule has 8 heteroatoms. The molecule has 0 bridgehead atoms. The zero-order valence-electron chi connectivity index (χ0n) is 19.1. The average molecular weight is 421 g/mol. The predicted octanol–water partition coefficient (Wildman–Crippen LogP) is 3.73. The van der Waals surface area contributed by atoms with Gasteiger partial charge >= 0.3 is 6.09 Å². The number of guanidine groups is 1. The van der Waals surface area contributed by atoms with Gasteiger partial charge in [-0.25, -0.2) is 4.79 Å². The number of aliphatic imine (C=N–C) groups is 1. The molecule has 2 rings (SSSR count). The first-order chi connectivity index (χ1) is 14.3. The van der Waals surface area contributed by atoms with Crippen molar-refractivity contribution in [2.45, 2.75) is 45.6 Å². The van der Waals surface area contributed by atoms with Crippen LogP contribution >= 0.6 is 0 Å². The second-order valence-corrected chi connectivity index (χ2v) is 8.42. The third kappa shape index (κ3) is 7.31. The third-order valence-electron chi connectivity index (χ3n) is 4.89. The Labute approximate surface area is 180 Å². The lowest BCUT2D eigenvalue weighted by atomic mass is 9.95. The molecule has 1 aromatic carbocycles. The molecule has 0 spiro atoms. The topological polar surface area (TPSA) is 84.4 Å². The van der Waals surface area contributed by atoms with E-state index in [1.165, 1.54) is 0 Å². The van der Waals surface area contributed by atoms with Crippen molar-refractivity contribution in [2.24, 2.45) is 10.9 Å². The summed E-state index contributed by atoms with van der Waals surface area (Å²) in [5, 5.41) is 6.61. The SMILES string of the molecule is CN=C(NCCC1CCCN(C(=O)OC(C)(C)C)C1)Nc1ccc(OC)c(OC)c1. The second-order valence-electron chi connectivity index (χ2n) is 8.42. The molecule has 30 heavy (non-hydrogen) atoms. The predicted molar refractivity (Wildman–Crippen MR) is 120 cm³/mol. The van der Waals surface area contributed by atoms with Crippen molar-refractivity contribution in [3.05, 3.63) is 18.2 Å². The third-order valence-corrected chi connectivity index (χ3v) is 4.89. The maximum Gasteiger partial charge on any atom is 0.410 e. The first kappa shape index (κ1) is 23.6. The molecule has 1 saturated heterocycles. The summed E-state index contributed by atoms with van der Waals surface area (Å²) in [5.74, 6) is 2.46. The van der Waals surface area contributed by atoms with E-state index in [1.807, 2.05) is 43.9 Å². The molecule has 0 aromatic heterocycles. The van der Waals surface area contributed by atoms with Gasteiger partial charge in [-0.05, 0) is 58.1 Å². The fraction of sp³-hybridized carbons (Fsp3) is 0.636. The van der Waals surface area contributed by atoms with Crippen LogP contribution in [0.5, 0.6) is 11.5 Å². The number of piperidine rings is 1. The molecule has 1 aliphatic heterocycles. The molecule has 8 nitrogen and oxygen atoms in total. The number of carbonyl (C=O) groups is 1. The van der Waals surface area contributed by atoms with Crippen LogP contribution in [0.25, 0.3) is 0 Å². The summed E-state index contributed by atoms with van der Waals surface area (Å²) in [4.78, 5) is 18.4. The Hall–Kier alpha value is -2.64. The van der Waals surface area contributed by atoms with Crippen molar-refractivity contribution in [3.8, 4) is 11.5 Å². The van der Waals surface area contributed by atoms with Crippen LogP contribution in [0.4, 0.5) is 10.5 Å². The summed E-state index contributed by atoms with van der Waals surface area (Å²) >= 11 is 0. The number of benzene rings is 1. The first-order valence-corrected chi connectivity index (χ1v) is 10.4. The van der Waals surface area contributed by atoms with Crippen molar-refractivity contribution >= 4 is 17.7 Å². The monoisotopic (exact) mass is 420 g/mol. The van der Waals surface area contributed by atoms with E-state index in [2.05, 4.69) is 15.6 Å². The van der Waals surface area contributed by atoms with E-state index in [0.717, 1.165) is 44.6 Å². The number of nitrogens with zero attached hydrogens (tertiary/aromatic N) is 2. The molecule has 1 aromatic rings. The summed E-state index contributed by atoms with van der Waals surface area (Å²) < 4.78 is 16.1. The van der Waals surface area contributed by atoms with E-state index < -0.39 is 5.60 Å². The number of hydrogen-bond donors (Lipinski definition) is 2. The van der Waals surface area contributed by atoms with Crippen molar-refractivity contribution in [2.75, 3.05) is 46.2 Å². The van der Waals surface area contributed by atoms with Gasteiger partial charge in [0.05, 0.1) is 14.2 Å². The van der Waals surface area contributed by atoms with Gasteiger partial charge in [0.1, 0.15) is 5.60 Å². The number of carbonyl (C=O) groups excluding carboxylic acids is 1. The lowest BCUT2D eigenvalue weighted by Gasteiger charge is -2.34. The minimum Gasteiger partial charge on any atom is -0.493 e. The Bertz CT molecular complexity index is 730. The lowest BCUT2D eigenvalue weighted by molar-refractivity contribution is 0.0162. The molecule has 2 N–H and O–H groups in total. The van der Waals surface area contributed by atoms with Gasteiger partial charge in [0.2, 0.25) is 0 Å². The molecular formula is C22H36N4O4. The molecule has 1 aliphatic rings. The Morgan fingerprint density at radius 1 is 1.23 bits per heavy atom. The van der Waals surface area contributed by atoms with Crippen LogP contribution in [0.1, 0.15) is 40.0 Å². The highest BCUT2D eigenvalue weighted by atomic mass is 16.6. The van der Waals surface area contributed by atoms with Gasteiger partial charge in [-0.2, -0.15) is 0 Å². The summed E-state index contributed by atoms with van der Waals surface area (Å²) in [6.07, 6.45) is 2.85. The largest absolute Gasteiger partial charge is 0.493 e. The summed E-state index contributed by atoms with van der Waals surface area (Å²) in [7, 11) is 4.96. The van der Waals surface area contributed by atoms with E-state index in [0.29, 0.717) is 23.4 Å². The number of rotatable bonds is 6. The van der Waals surface area contributed by atoms with Crippen LogP contribution < -0.4 is 20.1 Å². The highest BCUT2D eigenvalue weighted by Gasteiger charge is 2.27. The number of ether oxygens (including phenoxy) is 3. The maximum atomic E-state index is 12.3. The number of hydrogen-bond acceptors (Lipinski definition) is 5. The summed E-state index contributed by atoms with van der Waals surface area (Å²) in [6, 6.07) is 5.63. The first-order valence-electron chi connectivity index (χ1n) is 10.4. The summed E-state index contributed by atoms with van der Waals surface area (Å²) in [6.45, 7) is 7.95. The molecule has 1 amide bonds. The molecule has 0 radical (unpaired) electrons. The van der Waals surface area contributed by atoms with E-state index in [-0.39, 0.29) is 6.09 Å². The normalized spacial score (nSPS) is 17.3. The van der Waals surface area contributed by atoms with Crippen molar-refractivity contribution in [1.82, 2.24) is 10.2 Å². The van der Waals surface area contributed by atoms with Crippen LogP contribution in [0, 0.1) is 5.92 Å². The van der Waals surface area contributed by atoms with Crippen LogP contribution in [-0.2, 0) is 4.74 Å².